The van der Waals surface area contributed by atoms with Crippen LogP contribution in [0.5, 0.6) is 0 Å². The number of aryl methyl sites for hydroxylation is 1. The van der Waals surface area contributed by atoms with Crippen LogP contribution in [0.25, 0.3) is 16.7 Å². The molecule has 0 saturated heterocycles. The Morgan fingerprint density at radius 1 is 1.00 bits per heavy atom. The molecule has 0 aliphatic rings. The van der Waals surface area contributed by atoms with Crippen molar-refractivity contribution in [3.63, 3.8) is 0 Å². The number of hydrogen-bond acceptors (Lipinski definition) is 1. The Morgan fingerprint density at radius 3 is 2.60 bits per heavy atom. The second-order valence-corrected chi connectivity index (χ2v) is 5.53. The fraction of sp³-hybridized carbons (Fsp3) is 0.133. The summed E-state index contributed by atoms with van der Waals surface area (Å²) in [7, 11) is 0. The van der Waals surface area contributed by atoms with Gasteiger partial charge in [0.05, 0.1) is 26.8 Å². The number of nitrogens with zero attached hydrogens (tertiary/aromatic N) is 2. The molecule has 3 rings (SSSR count). The van der Waals surface area contributed by atoms with Gasteiger partial charge in [0.1, 0.15) is 5.82 Å². The molecule has 0 amide bonds. The SMILES string of the molecule is ClCCc1nc2ccccc2n1-c1cccc(Cl)c1Cl. The maximum absolute atomic E-state index is 6.34. The molecule has 1 aromatic heterocycles. The monoisotopic (exact) mass is 324 g/mol. The minimum Gasteiger partial charge on any atom is -0.295 e. The molecular formula is C15H11Cl3N2. The molecule has 0 saturated carbocycles. The molecule has 2 aromatic carbocycles. The number of hydrogen-bond donors (Lipinski definition) is 0. The van der Waals surface area contributed by atoms with Crippen molar-refractivity contribution in [1.82, 2.24) is 9.55 Å². The normalized spacial score (nSPS) is 11.2. The third-order valence-electron chi connectivity index (χ3n) is 3.12. The summed E-state index contributed by atoms with van der Waals surface area (Å²) in [5, 5.41) is 1.05. The molecule has 0 fully saturated rings. The molecule has 3 aromatic rings. The molecule has 0 radical (unpaired) electrons. The quantitative estimate of drug-likeness (QED) is 0.612. The van der Waals surface area contributed by atoms with E-state index in [4.69, 9.17) is 34.8 Å². The van der Waals surface area contributed by atoms with Crippen molar-refractivity contribution in [2.75, 3.05) is 5.88 Å². The van der Waals surface area contributed by atoms with Crippen molar-refractivity contribution in [2.45, 2.75) is 6.42 Å². The average Bonchev–Trinajstić information content (AvgIpc) is 2.80. The number of fused-ring (bicyclic) bond motifs is 1. The third kappa shape index (κ3) is 2.28. The second kappa shape index (κ2) is 5.65. The Bertz CT molecular complexity index is 765. The molecule has 0 atom stereocenters. The van der Waals surface area contributed by atoms with Crippen LogP contribution in [0.4, 0.5) is 0 Å². The van der Waals surface area contributed by atoms with Crippen molar-refractivity contribution < 1.29 is 0 Å². The summed E-state index contributed by atoms with van der Waals surface area (Å²) in [5.74, 6) is 1.38. The van der Waals surface area contributed by atoms with Crippen LogP contribution < -0.4 is 0 Å². The fourth-order valence-electron chi connectivity index (χ4n) is 2.26. The van der Waals surface area contributed by atoms with E-state index in [9.17, 15) is 0 Å². The number of benzene rings is 2. The molecule has 1 heterocycles. The lowest BCUT2D eigenvalue weighted by atomic mass is 10.2. The van der Waals surface area contributed by atoms with Crippen LogP contribution in [-0.4, -0.2) is 15.4 Å². The third-order valence-corrected chi connectivity index (χ3v) is 4.12. The van der Waals surface area contributed by atoms with E-state index in [2.05, 4.69) is 4.98 Å². The maximum atomic E-state index is 6.34. The molecule has 2 nitrogen and oxygen atoms in total. The highest BCUT2D eigenvalue weighted by Gasteiger charge is 2.15. The standard InChI is InChI=1S/C15H11Cl3N2/c16-9-8-14-19-11-5-1-2-6-12(11)20(14)13-7-3-4-10(17)15(13)18/h1-7H,8-9H2. The van der Waals surface area contributed by atoms with Crippen molar-refractivity contribution >= 4 is 45.8 Å². The zero-order chi connectivity index (χ0) is 14.1. The Hall–Kier alpha value is -1.22. The lowest BCUT2D eigenvalue weighted by Crippen LogP contribution is -2.03. The predicted octanol–water partition coefficient (Wildman–Crippen LogP) is 5.11. The van der Waals surface area contributed by atoms with Crippen molar-refractivity contribution in [3.8, 4) is 5.69 Å². The van der Waals surface area contributed by atoms with Gasteiger partial charge in [0.2, 0.25) is 0 Å². The summed E-state index contributed by atoms with van der Waals surface area (Å²) in [4.78, 5) is 4.63. The topological polar surface area (TPSA) is 17.8 Å². The largest absolute Gasteiger partial charge is 0.295 e. The van der Waals surface area contributed by atoms with E-state index in [1.165, 1.54) is 0 Å². The fourth-order valence-corrected chi connectivity index (χ4v) is 2.81. The van der Waals surface area contributed by atoms with E-state index >= 15 is 0 Å². The van der Waals surface area contributed by atoms with E-state index in [1.54, 1.807) is 6.07 Å². The van der Waals surface area contributed by atoms with Gasteiger partial charge in [-0.2, -0.15) is 0 Å². The van der Waals surface area contributed by atoms with E-state index in [0.717, 1.165) is 22.5 Å². The molecule has 0 aliphatic carbocycles. The number of halogens is 3. The highest BCUT2D eigenvalue weighted by Crippen LogP contribution is 2.32. The Balaban J connectivity index is 2.33. The van der Waals surface area contributed by atoms with Crippen molar-refractivity contribution in [2.24, 2.45) is 0 Å². The molecular weight excluding hydrogens is 315 g/mol. The number of alkyl halides is 1. The minimum atomic E-state index is 0.501. The first-order valence-electron chi connectivity index (χ1n) is 6.19. The van der Waals surface area contributed by atoms with Gasteiger partial charge in [-0.3, -0.25) is 4.57 Å². The van der Waals surface area contributed by atoms with E-state index in [1.807, 2.05) is 41.0 Å². The van der Waals surface area contributed by atoms with Gasteiger partial charge in [-0.25, -0.2) is 4.98 Å². The molecule has 0 aliphatic heterocycles. The predicted molar refractivity (Wildman–Crippen MR) is 85.5 cm³/mol. The van der Waals surface area contributed by atoms with Gasteiger partial charge < -0.3 is 0 Å². The van der Waals surface area contributed by atoms with Crippen molar-refractivity contribution in [3.05, 3.63) is 58.3 Å². The highest BCUT2D eigenvalue weighted by molar-refractivity contribution is 6.43. The zero-order valence-corrected chi connectivity index (χ0v) is 12.8. The molecule has 0 spiro atoms. The zero-order valence-electron chi connectivity index (χ0n) is 10.5. The number of imidazole rings is 1. The van der Waals surface area contributed by atoms with Gasteiger partial charge in [-0.1, -0.05) is 41.4 Å². The van der Waals surface area contributed by atoms with Crippen LogP contribution in [-0.2, 0) is 6.42 Å². The van der Waals surface area contributed by atoms with Gasteiger partial charge in [0.25, 0.3) is 0 Å². The van der Waals surface area contributed by atoms with E-state index in [-0.39, 0.29) is 0 Å². The van der Waals surface area contributed by atoms with E-state index in [0.29, 0.717) is 22.3 Å². The van der Waals surface area contributed by atoms with Gasteiger partial charge in [0.15, 0.2) is 0 Å². The molecule has 0 N–H and O–H groups in total. The highest BCUT2D eigenvalue weighted by atomic mass is 35.5. The summed E-state index contributed by atoms with van der Waals surface area (Å²) in [6, 6.07) is 13.5. The first-order chi connectivity index (χ1) is 9.72. The lowest BCUT2D eigenvalue weighted by Gasteiger charge is -2.11. The van der Waals surface area contributed by atoms with Crippen LogP contribution >= 0.6 is 34.8 Å². The smallest absolute Gasteiger partial charge is 0.115 e. The maximum Gasteiger partial charge on any atom is 0.115 e. The van der Waals surface area contributed by atoms with Crippen molar-refractivity contribution in [1.29, 1.82) is 0 Å². The molecule has 0 bridgehead atoms. The van der Waals surface area contributed by atoms with Crippen LogP contribution in [0.1, 0.15) is 5.82 Å². The number of rotatable bonds is 3. The summed E-state index contributed by atoms with van der Waals surface area (Å²) >= 11 is 18.3. The molecule has 20 heavy (non-hydrogen) atoms. The Labute approximate surface area is 131 Å². The minimum absolute atomic E-state index is 0.501. The Morgan fingerprint density at radius 2 is 1.80 bits per heavy atom. The van der Waals surface area contributed by atoms with Crippen LogP contribution in [0, 0.1) is 0 Å². The first kappa shape index (κ1) is 13.7. The average molecular weight is 326 g/mol. The van der Waals surface area contributed by atoms with E-state index < -0.39 is 0 Å². The lowest BCUT2D eigenvalue weighted by molar-refractivity contribution is 0.912. The molecule has 102 valence electrons. The Kier molecular flexibility index (Phi) is 3.88. The van der Waals surface area contributed by atoms with Crippen LogP contribution in [0.2, 0.25) is 10.0 Å². The first-order valence-corrected chi connectivity index (χ1v) is 7.48. The van der Waals surface area contributed by atoms with Gasteiger partial charge in [-0.15, -0.1) is 11.6 Å². The summed E-state index contributed by atoms with van der Waals surface area (Å²) in [5.41, 5.74) is 2.74. The van der Waals surface area contributed by atoms with Gasteiger partial charge in [-0.05, 0) is 24.3 Å². The van der Waals surface area contributed by atoms with Crippen LogP contribution in [0.3, 0.4) is 0 Å². The summed E-state index contributed by atoms with van der Waals surface area (Å²) in [6.45, 7) is 0. The van der Waals surface area contributed by atoms with Gasteiger partial charge >= 0.3 is 0 Å². The number of para-hydroxylation sites is 2. The summed E-state index contributed by atoms with van der Waals surface area (Å²) < 4.78 is 2.02. The number of aromatic nitrogens is 2. The molecule has 5 heteroatoms. The second-order valence-electron chi connectivity index (χ2n) is 4.36. The summed E-state index contributed by atoms with van der Waals surface area (Å²) in [6.07, 6.45) is 0.666. The van der Waals surface area contributed by atoms with Gasteiger partial charge in [0, 0.05) is 12.3 Å². The van der Waals surface area contributed by atoms with Crippen LogP contribution in [0.15, 0.2) is 42.5 Å². The molecule has 0 unspecified atom stereocenters.